The van der Waals surface area contributed by atoms with Crippen molar-refractivity contribution in [1.29, 1.82) is 0 Å². The molecule has 4 nitrogen and oxygen atoms in total. The summed E-state index contributed by atoms with van der Waals surface area (Å²) < 4.78 is 5.09. The van der Waals surface area contributed by atoms with Crippen LogP contribution in [0, 0.1) is 0 Å². The van der Waals surface area contributed by atoms with E-state index < -0.39 is 0 Å². The van der Waals surface area contributed by atoms with E-state index in [4.69, 9.17) is 16.6 Å². The zero-order valence-corrected chi connectivity index (χ0v) is 12.2. The van der Waals surface area contributed by atoms with E-state index in [1.165, 1.54) is 11.6 Å². The van der Waals surface area contributed by atoms with Crippen LogP contribution in [0.1, 0.15) is 11.3 Å². The molecule has 1 heterocycles. The number of hydrogen-bond acceptors (Lipinski definition) is 3. The normalized spacial score (nSPS) is 10.5. The average molecular weight is 300 g/mol. The summed E-state index contributed by atoms with van der Waals surface area (Å²) in [7, 11) is 0. The highest BCUT2D eigenvalue weighted by Gasteiger charge is 2.00. The van der Waals surface area contributed by atoms with Gasteiger partial charge in [-0.25, -0.2) is 0 Å². The van der Waals surface area contributed by atoms with Gasteiger partial charge in [-0.2, -0.15) is 0 Å². The van der Waals surface area contributed by atoms with Gasteiger partial charge in [0.2, 0.25) is 5.91 Å². The number of carbonyl (C=O) groups is 1. The summed E-state index contributed by atoms with van der Waals surface area (Å²) in [6.07, 6.45) is 5.36. The van der Waals surface area contributed by atoms with Gasteiger partial charge in [0.1, 0.15) is 5.76 Å². The van der Waals surface area contributed by atoms with Crippen LogP contribution in [-0.2, 0) is 11.2 Å². The molecule has 2 rings (SSSR count). The van der Waals surface area contributed by atoms with Crippen LogP contribution in [0.3, 0.4) is 0 Å². The Bertz CT molecular complexity index is 606. The first-order valence-electron chi connectivity index (χ1n) is 6.58. The lowest BCUT2D eigenvalue weighted by Crippen LogP contribution is -2.39. The van der Waals surface area contributed by atoms with Gasteiger partial charge < -0.3 is 9.73 Å². The van der Waals surface area contributed by atoms with Crippen molar-refractivity contribution in [3.05, 3.63) is 66.1 Å². The van der Waals surface area contributed by atoms with Crippen molar-refractivity contribution < 1.29 is 9.21 Å². The Morgan fingerprint density at radius 2 is 2.00 bits per heavy atom. The lowest BCUT2D eigenvalue weighted by atomic mass is 10.1. The molecular weight excluding hydrogens is 284 g/mol. The van der Waals surface area contributed by atoms with Crippen molar-refractivity contribution in [3.8, 4) is 0 Å². The van der Waals surface area contributed by atoms with E-state index in [9.17, 15) is 4.79 Å². The third-order valence-corrected chi connectivity index (χ3v) is 2.97. The van der Waals surface area contributed by atoms with Gasteiger partial charge in [-0.05, 0) is 42.4 Å². The summed E-state index contributed by atoms with van der Waals surface area (Å²) in [4.78, 5) is 11.6. The molecule has 0 aliphatic carbocycles. The van der Waals surface area contributed by atoms with Gasteiger partial charge in [0, 0.05) is 12.6 Å². The Labute approximate surface area is 128 Å². The van der Waals surface area contributed by atoms with Crippen molar-refractivity contribution in [3.63, 3.8) is 0 Å². The predicted octanol–water partition coefficient (Wildman–Crippen LogP) is 2.53. The molecule has 0 saturated heterocycles. The summed E-state index contributed by atoms with van der Waals surface area (Å²) in [5, 5.41) is 5.90. The van der Waals surface area contributed by atoms with E-state index in [1.807, 2.05) is 18.2 Å². The maximum Gasteiger partial charge on any atom is 0.250 e. The van der Waals surface area contributed by atoms with Gasteiger partial charge in [-0.15, -0.1) is 0 Å². The molecule has 2 N–H and O–H groups in total. The zero-order chi connectivity index (χ0) is 14.9. The summed E-state index contributed by atoms with van der Waals surface area (Å²) in [5.74, 6) is 0.330. The van der Waals surface area contributed by atoms with Gasteiger partial charge >= 0.3 is 0 Å². The van der Waals surface area contributed by atoms with E-state index in [0.717, 1.165) is 6.42 Å². The molecule has 21 heavy (non-hydrogen) atoms. The number of thiocarbonyl (C=S) groups is 1. The third kappa shape index (κ3) is 5.62. The fraction of sp³-hybridized carbons (Fsp3) is 0.125. The Morgan fingerprint density at radius 1 is 1.19 bits per heavy atom. The molecule has 0 bridgehead atoms. The van der Waals surface area contributed by atoms with Gasteiger partial charge in [0.25, 0.3) is 0 Å². The molecule has 0 atom stereocenters. The monoisotopic (exact) mass is 300 g/mol. The summed E-state index contributed by atoms with van der Waals surface area (Å²) in [6, 6.07) is 13.6. The second-order valence-corrected chi connectivity index (χ2v) is 4.74. The molecule has 1 aromatic carbocycles. The molecule has 0 fully saturated rings. The molecule has 0 radical (unpaired) electrons. The van der Waals surface area contributed by atoms with Gasteiger partial charge in [-0.3, -0.25) is 10.1 Å². The summed E-state index contributed by atoms with van der Waals surface area (Å²) >= 11 is 5.06. The molecule has 0 saturated carbocycles. The van der Waals surface area contributed by atoms with Crippen LogP contribution in [0.4, 0.5) is 0 Å². The van der Waals surface area contributed by atoms with Crippen LogP contribution in [0.2, 0.25) is 0 Å². The predicted molar refractivity (Wildman–Crippen MR) is 86.6 cm³/mol. The van der Waals surface area contributed by atoms with Crippen molar-refractivity contribution in [2.45, 2.75) is 6.42 Å². The van der Waals surface area contributed by atoms with Crippen LogP contribution < -0.4 is 10.6 Å². The Morgan fingerprint density at radius 3 is 2.71 bits per heavy atom. The molecule has 5 heteroatoms. The third-order valence-electron chi connectivity index (χ3n) is 2.72. The molecular formula is C16H16N2O2S. The van der Waals surface area contributed by atoms with Crippen molar-refractivity contribution in [2.24, 2.45) is 0 Å². The number of nitrogens with one attached hydrogen (secondary N) is 2. The Balaban J connectivity index is 1.68. The van der Waals surface area contributed by atoms with Crippen molar-refractivity contribution >= 4 is 29.3 Å². The number of hydrogen-bond donors (Lipinski definition) is 2. The SMILES string of the molecule is O=C(/C=C/c1ccco1)NC(=S)NCCc1ccccc1. The number of carbonyl (C=O) groups excluding carboxylic acids is 1. The Kier molecular flexibility index (Phi) is 5.72. The van der Waals surface area contributed by atoms with Crippen molar-refractivity contribution in [2.75, 3.05) is 6.54 Å². The number of rotatable bonds is 5. The molecule has 1 aromatic heterocycles. The maximum atomic E-state index is 11.6. The topological polar surface area (TPSA) is 54.3 Å². The smallest absolute Gasteiger partial charge is 0.250 e. The zero-order valence-electron chi connectivity index (χ0n) is 11.4. The first-order chi connectivity index (χ1) is 10.2. The first kappa shape index (κ1) is 15.0. The standard InChI is InChI=1S/C16H16N2O2S/c19-15(9-8-14-7-4-12-20-14)18-16(21)17-11-10-13-5-2-1-3-6-13/h1-9,12H,10-11H2,(H2,17,18,19,21)/b9-8+. The van der Waals surface area contributed by atoms with Gasteiger partial charge in [0.15, 0.2) is 5.11 Å². The van der Waals surface area contributed by atoms with E-state index in [1.54, 1.807) is 24.5 Å². The highest BCUT2D eigenvalue weighted by Crippen LogP contribution is 2.01. The number of furan rings is 1. The molecule has 0 spiro atoms. The molecule has 108 valence electrons. The highest BCUT2D eigenvalue weighted by molar-refractivity contribution is 7.80. The van der Waals surface area contributed by atoms with Gasteiger partial charge in [0.05, 0.1) is 6.26 Å². The Hall–Kier alpha value is -2.40. The van der Waals surface area contributed by atoms with E-state index in [2.05, 4.69) is 22.8 Å². The second kappa shape index (κ2) is 8.01. The van der Waals surface area contributed by atoms with E-state index in [0.29, 0.717) is 17.4 Å². The number of amides is 1. The highest BCUT2D eigenvalue weighted by atomic mass is 32.1. The quantitative estimate of drug-likeness (QED) is 0.658. The molecule has 0 aliphatic heterocycles. The van der Waals surface area contributed by atoms with E-state index in [-0.39, 0.29) is 5.91 Å². The van der Waals surface area contributed by atoms with Gasteiger partial charge in [-0.1, -0.05) is 30.3 Å². The lowest BCUT2D eigenvalue weighted by molar-refractivity contribution is -0.115. The minimum atomic E-state index is -0.288. The molecule has 2 aromatic rings. The van der Waals surface area contributed by atoms with Crippen LogP contribution in [-0.4, -0.2) is 17.6 Å². The lowest BCUT2D eigenvalue weighted by Gasteiger charge is -2.07. The summed E-state index contributed by atoms with van der Waals surface area (Å²) in [6.45, 7) is 0.672. The first-order valence-corrected chi connectivity index (χ1v) is 6.99. The number of benzene rings is 1. The fourth-order valence-corrected chi connectivity index (χ4v) is 1.91. The van der Waals surface area contributed by atoms with Crippen LogP contribution >= 0.6 is 12.2 Å². The fourth-order valence-electron chi connectivity index (χ4n) is 1.71. The largest absolute Gasteiger partial charge is 0.465 e. The minimum absolute atomic E-state index is 0.288. The molecule has 1 amide bonds. The van der Waals surface area contributed by atoms with E-state index >= 15 is 0 Å². The van der Waals surface area contributed by atoms with Crippen molar-refractivity contribution in [1.82, 2.24) is 10.6 Å². The molecule has 0 unspecified atom stereocenters. The minimum Gasteiger partial charge on any atom is -0.465 e. The average Bonchev–Trinajstić information content (AvgIpc) is 2.99. The molecule has 0 aliphatic rings. The van der Waals surface area contributed by atoms with Crippen LogP contribution in [0.15, 0.2) is 59.2 Å². The van der Waals surface area contributed by atoms with Crippen LogP contribution in [0.25, 0.3) is 6.08 Å². The second-order valence-electron chi connectivity index (χ2n) is 4.33. The summed E-state index contributed by atoms with van der Waals surface area (Å²) in [5.41, 5.74) is 1.22. The van der Waals surface area contributed by atoms with Crippen LogP contribution in [0.5, 0.6) is 0 Å². The maximum absolute atomic E-state index is 11.6.